The number of anilines is 1. The van der Waals surface area contributed by atoms with E-state index in [1.54, 1.807) is 0 Å². The average molecular weight is 156 g/mol. The maximum absolute atomic E-state index is 3.27. The summed E-state index contributed by atoms with van der Waals surface area (Å²) in [6.45, 7) is 0. The second-order valence-electron chi connectivity index (χ2n) is 2.71. The van der Waals surface area contributed by atoms with Crippen molar-refractivity contribution in [2.45, 2.75) is 0 Å². The first kappa shape index (κ1) is 7.17. The van der Waals surface area contributed by atoms with Gasteiger partial charge in [0.25, 0.3) is 0 Å². The lowest BCUT2D eigenvalue weighted by molar-refractivity contribution is 1.53. The van der Waals surface area contributed by atoms with E-state index < -0.39 is 0 Å². The number of rotatable bonds is 1. The van der Waals surface area contributed by atoms with Crippen LogP contribution in [0.15, 0.2) is 36.4 Å². The third-order valence-electron chi connectivity index (χ3n) is 1.93. The fraction of sp³-hybridized carbons (Fsp3) is 0.0909. The summed E-state index contributed by atoms with van der Waals surface area (Å²) in [5.74, 6) is 0. The summed E-state index contributed by atoms with van der Waals surface area (Å²) >= 11 is 0. The first-order chi connectivity index (χ1) is 5.90. The van der Waals surface area contributed by atoms with Gasteiger partial charge in [-0.05, 0) is 16.8 Å². The number of fused-ring (bicyclic) bond motifs is 1. The van der Waals surface area contributed by atoms with Crippen molar-refractivity contribution in [1.82, 2.24) is 0 Å². The molecule has 0 aliphatic heterocycles. The van der Waals surface area contributed by atoms with Crippen LogP contribution in [0, 0.1) is 6.07 Å². The maximum Gasteiger partial charge on any atom is 0.0424 e. The quantitative estimate of drug-likeness (QED) is 0.669. The predicted octanol–water partition coefficient (Wildman–Crippen LogP) is 2.68. The molecule has 2 rings (SSSR count). The van der Waals surface area contributed by atoms with Gasteiger partial charge in [-0.15, -0.1) is 0 Å². The zero-order valence-electron chi connectivity index (χ0n) is 6.96. The molecule has 0 spiro atoms. The van der Waals surface area contributed by atoms with Gasteiger partial charge < -0.3 is 5.32 Å². The molecule has 1 heteroatoms. The second-order valence-corrected chi connectivity index (χ2v) is 2.71. The molecule has 0 amide bonds. The molecule has 2 aromatic carbocycles. The molecule has 59 valence electrons. The summed E-state index contributed by atoms with van der Waals surface area (Å²) in [6, 6.07) is 15.6. The van der Waals surface area contributed by atoms with E-state index in [2.05, 4.69) is 29.6 Å². The van der Waals surface area contributed by atoms with Gasteiger partial charge in [-0.3, -0.25) is 0 Å². The van der Waals surface area contributed by atoms with Crippen LogP contribution in [0.2, 0.25) is 0 Å². The van der Waals surface area contributed by atoms with Crippen molar-refractivity contribution in [1.29, 1.82) is 0 Å². The molecule has 12 heavy (non-hydrogen) atoms. The molecule has 1 radical (unpaired) electrons. The Morgan fingerprint density at radius 3 is 2.75 bits per heavy atom. The summed E-state index contributed by atoms with van der Waals surface area (Å²) in [6.07, 6.45) is 0. The zero-order chi connectivity index (χ0) is 8.39. The van der Waals surface area contributed by atoms with Gasteiger partial charge >= 0.3 is 0 Å². The third-order valence-corrected chi connectivity index (χ3v) is 1.93. The molecule has 0 aliphatic rings. The highest BCUT2D eigenvalue weighted by Gasteiger charge is 1.92. The van der Waals surface area contributed by atoms with Gasteiger partial charge in [0.05, 0.1) is 0 Å². The average Bonchev–Trinajstić information content (AvgIpc) is 2.17. The van der Waals surface area contributed by atoms with Gasteiger partial charge in [-0.1, -0.05) is 30.3 Å². The highest BCUT2D eigenvalue weighted by atomic mass is 14.8. The van der Waals surface area contributed by atoms with Gasteiger partial charge in [0.1, 0.15) is 0 Å². The summed E-state index contributed by atoms with van der Waals surface area (Å²) < 4.78 is 0. The molecule has 2 aromatic rings. The predicted molar refractivity (Wildman–Crippen MR) is 52.3 cm³/mol. The van der Waals surface area contributed by atoms with Crippen LogP contribution in [0.25, 0.3) is 10.8 Å². The second kappa shape index (κ2) is 2.86. The van der Waals surface area contributed by atoms with Crippen molar-refractivity contribution in [3.05, 3.63) is 42.5 Å². The molecule has 0 aliphatic carbocycles. The van der Waals surface area contributed by atoms with Crippen LogP contribution >= 0.6 is 0 Å². The lowest BCUT2D eigenvalue weighted by Gasteiger charge is -2.00. The molecule has 1 nitrogen and oxygen atoms in total. The van der Waals surface area contributed by atoms with Crippen molar-refractivity contribution >= 4 is 16.5 Å². The van der Waals surface area contributed by atoms with E-state index in [0.29, 0.717) is 0 Å². The minimum absolute atomic E-state index is 1.04. The summed E-state index contributed by atoms with van der Waals surface area (Å²) in [5.41, 5.74) is 1.04. The molecule has 0 saturated heterocycles. The van der Waals surface area contributed by atoms with E-state index in [4.69, 9.17) is 0 Å². The van der Waals surface area contributed by atoms with E-state index >= 15 is 0 Å². The molecule has 0 unspecified atom stereocenters. The molecule has 1 N–H and O–H groups in total. The van der Waals surface area contributed by atoms with Gasteiger partial charge in [0.15, 0.2) is 0 Å². The fourth-order valence-electron chi connectivity index (χ4n) is 1.26. The molecular formula is C11H10N. The molecule has 0 heterocycles. The first-order valence-electron chi connectivity index (χ1n) is 3.99. The number of hydrogen-bond donors (Lipinski definition) is 1. The van der Waals surface area contributed by atoms with Crippen LogP contribution in [-0.2, 0) is 0 Å². The standard InChI is InChI=1S/C11H10N/c1-12-11-7-6-9-4-2-3-5-10(9)8-11/h2-7,12H,1H3. The largest absolute Gasteiger partial charge is 0.388 e. The summed E-state index contributed by atoms with van der Waals surface area (Å²) in [4.78, 5) is 0. The molecule has 0 saturated carbocycles. The Kier molecular flexibility index (Phi) is 1.71. The maximum atomic E-state index is 3.27. The van der Waals surface area contributed by atoms with E-state index in [0.717, 1.165) is 11.1 Å². The Morgan fingerprint density at radius 2 is 1.92 bits per heavy atom. The molecular weight excluding hydrogens is 146 g/mol. The van der Waals surface area contributed by atoms with Crippen molar-refractivity contribution < 1.29 is 0 Å². The highest BCUT2D eigenvalue weighted by molar-refractivity contribution is 5.84. The van der Waals surface area contributed by atoms with Crippen LogP contribution in [0.5, 0.6) is 0 Å². The van der Waals surface area contributed by atoms with Crippen molar-refractivity contribution in [3.63, 3.8) is 0 Å². The van der Waals surface area contributed by atoms with Crippen LogP contribution < -0.4 is 5.32 Å². The van der Waals surface area contributed by atoms with Crippen molar-refractivity contribution in [2.24, 2.45) is 0 Å². The Hall–Kier alpha value is -1.50. The topological polar surface area (TPSA) is 12.0 Å². The van der Waals surface area contributed by atoms with Crippen LogP contribution in [0.4, 0.5) is 5.69 Å². The van der Waals surface area contributed by atoms with Crippen LogP contribution in [-0.4, -0.2) is 7.05 Å². The Labute approximate surface area is 72.0 Å². The Morgan fingerprint density at radius 1 is 1.08 bits per heavy atom. The number of nitrogens with one attached hydrogen (secondary N) is 1. The number of hydrogen-bond acceptors (Lipinski definition) is 1. The third kappa shape index (κ3) is 1.14. The lowest BCUT2D eigenvalue weighted by atomic mass is 10.1. The van der Waals surface area contributed by atoms with Gasteiger partial charge in [0.2, 0.25) is 0 Å². The smallest absolute Gasteiger partial charge is 0.0424 e. The summed E-state index contributed by atoms with van der Waals surface area (Å²) in [7, 11) is 1.90. The van der Waals surface area contributed by atoms with E-state index in [1.807, 2.05) is 25.2 Å². The van der Waals surface area contributed by atoms with Gasteiger partial charge in [-0.25, -0.2) is 0 Å². The van der Waals surface area contributed by atoms with E-state index in [9.17, 15) is 0 Å². The lowest BCUT2D eigenvalue weighted by Crippen LogP contribution is -1.86. The van der Waals surface area contributed by atoms with Crippen LogP contribution in [0.1, 0.15) is 0 Å². The van der Waals surface area contributed by atoms with Crippen molar-refractivity contribution in [2.75, 3.05) is 12.4 Å². The highest BCUT2D eigenvalue weighted by Crippen LogP contribution is 2.16. The van der Waals surface area contributed by atoms with E-state index in [1.165, 1.54) is 5.39 Å². The molecule has 0 atom stereocenters. The minimum Gasteiger partial charge on any atom is -0.388 e. The van der Waals surface area contributed by atoms with Gasteiger partial charge in [0, 0.05) is 18.8 Å². The van der Waals surface area contributed by atoms with Gasteiger partial charge in [-0.2, -0.15) is 0 Å². The van der Waals surface area contributed by atoms with Crippen LogP contribution in [0.3, 0.4) is 0 Å². The number of benzene rings is 2. The first-order valence-corrected chi connectivity index (χ1v) is 3.99. The van der Waals surface area contributed by atoms with Crippen molar-refractivity contribution in [3.8, 4) is 0 Å². The monoisotopic (exact) mass is 156 g/mol. The molecule has 0 fully saturated rings. The SMILES string of the molecule is CNc1[c]c2ccccc2cc1. The summed E-state index contributed by atoms with van der Waals surface area (Å²) in [5, 5.41) is 5.45. The minimum atomic E-state index is 1.04. The van der Waals surface area contributed by atoms with E-state index in [-0.39, 0.29) is 0 Å². The normalized spacial score (nSPS) is 10.1. The fourth-order valence-corrected chi connectivity index (χ4v) is 1.26. The zero-order valence-corrected chi connectivity index (χ0v) is 6.96. The Balaban J connectivity index is 2.67. The molecule has 0 aromatic heterocycles. The Bertz CT molecular complexity index is 393. The molecule has 0 bridgehead atoms.